The lowest BCUT2D eigenvalue weighted by atomic mass is 9.67. The van der Waals surface area contributed by atoms with Gasteiger partial charge >= 0.3 is 0 Å². The van der Waals surface area contributed by atoms with Gasteiger partial charge in [0, 0.05) is 27.5 Å². The van der Waals surface area contributed by atoms with Gasteiger partial charge in [-0.25, -0.2) is 15.0 Å². The Labute approximate surface area is 347 Å². The topological polar surface area (TPSA) is 51.8 Å². The van der Waals surface area contributed by atoms with Crippen LogP contribution in [0.4, 0.5) is 0 Å². The molecule has 0 radical (unpaired) electrons. The fourth-order valence-corrected chi connectivity index (χ4v) is 9.56. The van der Waals surface area contributed by atoms with E-state index in [2.05, 4.69) is 152 Å². The molecule has 9 aromatic carbocycles. The molecular formula is C56H35N3O. The van der Waals surface area contributed by atoms with Crippen molar-refractivity contribution in [2.24, 2.45) is 0 Å². The van der Waals surface area contributed by atoms with Crippen LogP contribution in [0, 0.1) is 0 Å². The second kappa shape index (κ2) is 13.6. The average Bonchev–Trinajstić information content (AvgIpc) is 3.85. The highest BCUT2D eigenvalue weighted by atomic mass is 16.3. The lowest BCUT2D eigenvalue weighted by Crippen LogP contribution is -2.28. The number of hydrogen-bond acceptors (Lipinski definition) is 4. The molecule has 0 fully saturated rings. The minimum Gasteiger partial charge on any atom is -0.456 e. The van der Waals surface area contributed by atoms with Crippen LogP contribution in [0.15, 0.2) is 217 Å². The second-order valence-electron chi connectivity index (χ2n) is 15.5. The number of nitrogens with zero attached hydrogens (tertiary/aromatic N) is 3. The standard InChI is InChI=1S/C56H35N3O/c1-4-16-36(17-5-1)53-57-54(37-18-6-2-7-19-37)59-55(58-53)47-32-31-41(42-22-10-11-23-43(42)47)38-28-33-51-48(34-38)46-30-29-40(35-52(46)60-51)56(39-20-8-3-9-21-39)49-26-14-12-24-44(49)45-25-13-15-27-50(45)56/h1-35H. The molecule has 1 aliphatic rings. The molecule has 12 rings (SSSR count). The summed E-state index contributed by atoms with van der Waals surface area (Å²) in [6.07, 6.45) is 0. The molecule has 0 atom stereocenters. The van der Waals surface area contributed by atoms with Gasteiger partial charge in [-0.1, -0.05) is 188 Å². The summed E-state index contributed by atoms with van der Waals surface area (Å²) in [5, 5.41) is 4.37. The van der Waals surface area contributed by atoms with Gasteiger partial charge < -0.3 is 4.42 Å². The van der Waals surface area contributed by atoms with Crippen LogP contribution in [0.1, 0.15) is 22.3 Å². The minimum absolute atomic E-state index is 0.490. The summed E-state index contributed by atoms with van der Waals surface area (Å²) < 4.78 is 6.74. The third kappa shape index (κ3) is 5.21. The molecule has 0 amide bonds. The molecule has 0 saturated carbocycles. The number of hydrogen-bond donors (Lipinski definition) is 0. The van der Waals surface area contributed by atoms with Crippen molar-refractivity contribution in [2.45, 2.75) is 5.41 Å². The zero-order valence-electron chi connectivity index (χ0n) is 32.5. The van der Waals surface area contributed by atoms with E-state index >= 15 is 0 Å². The summed E-state index contributed by atoms with van der Waals surface area (Å²) in [4.78, 5) is 15.1. The zero-order chi connectivity index (χ0) is 39.6. The van der Waals surface area contributed by atoms with Crippen LogP contribution in [-0.4, -0.2) is 15.0 Å². The first kappa shape index (κ1) is 34.1. The monoisotopic (exact) mass is 765 g/mol. The van der Waals surface area contributed by atoms with Gasteiger partial charge in [0.1, 0.15) is 11.2 Å². The molecule has 60 heavy (non-hydrogen) atoms. The highest BCUT2D eigenvalue weighted by Gasteiger charge is 2.46. The Morgan fingerprint density at radius 3 is 1.48 bits per heavy atom. The van der Waals surface area contributed by atoms with Crippen molar-refractivity contribution in [1.82, 2.24) is 15.0 Å². The van der Waals surface area contributed by atoms with Crippen LogP contribution in [0.5, 0.6) is 0 Å². The second-order valence-corrected chi connectivity index (χ2v) is 15.5. The van der Waals surface area contributed by atoms with Crippen LogP contribution < -0.4 is 0 Å². The van der Waals surface area contributed by atoms with Gasteiger partial charge in [-0.05, 0) is 79.5 Å². The van der Waals surface area contributed by atoms with E-state index in [0.717, 1.165) is 60.5 Å². The molecule has 4 nitrogen and oxygen atoms in total. The van der Waals surface area contributed by atoms with Gasteiger partial charge in [0.15, 0.2) is 17.5 Å². The van der Waals surface area contributed by atoms with Gasteiger partial charge in [0.05, 0.1) is 5.41 Å². The Morgan fingerprint density at radius 1 is 0.300 bits per heavy atom. The lowest BCUT2D eigenvalue weighted by Gasteiger charge is -2.33. The fourth-order valence-electron chi connectivity index (χ4n) is 9.56. The Morgan fingerprint density at radius 2 is 0.833 bits per heavy atom. The summed E-state index contributed by atoms with van der Waals surface area (Å²) in [5.41, 5.74) is 13.9. The van der Waals surface area contributed by atoms with E-state index < -0.39 is 5.41 Å². The minimum atomic E-state index is -0.490. The quantitative estimate of drug-likeness (QED) is 0.169. The van der Waals surface area contributed by atoms with Gasteiger partial charge in [0.25, 0.3) is 0 Å². The Bertz CT molecular complexity index is 3330. The number of fused-ring (bicyclic) bond motifs is 7. The maximum Gasteiger partial charge on any atom is 0.164 e. The lowest BCUT2D eigenvalue weighted by molar-refractivity contribution is 0.665. The van der Waals surface area contributed by atoms with Crippen molar-refractivity contribution in [3.05, 3.63) is 235 Å². The van der Waals surface area contributed by atoms with Crippen molar-refractivity contribution in [3.8, 4) is 56.4 Å². The van der Waals surface area contributed by atoms with Crippen molar-refractivity contribution in [3.63, 3.8) is 0 Å². The largest absolute Gasteiger partial charge is 0.456 e. The van der Waals surface area contributed by atoms with Gasteiger partial charge in [-0.15, -0.1) is 0 Å². The predicted octanol–water partition coefficient (Wildman–Crippen LogP) is 14.0. The molecule has 0 N–H and O–H groups in total. The van der Waals surface area contributed by atoms with Gasteiger partial charge in [-0.2, -0.15) is 0 Å². The summed E-state index contributed by atoms with van der Waals surface area (Å²) in [7, 11) is 0. The molecule has 2 heterocycles. The van der Waals surface area contributed by atoms with Gasteiger partial charge in [0.2, 0.25) is 0 Å². The van der Waals surface area contributed by atoms with E-state index in [1.165, 1.54) is 33.4 Å². The van der Waals surface area contributed by atoms with E-state index in [0.29, 0.717) is 17.5 Å². The third-order valence-corrected chi connectivity index (χ3v) is 12.2. The van der Waals surface area contributed by atoms with Crippen molar-refractivity contribution in [2.75, 3.05) is 0 Å². The molecule has 1 aliphatic carbocycles. The Balaban J connectivity index is 0.999. The molecule has 280 valence electrons. The SMILES string of the molecule is c1ccc(-c2nc(-c3ccccc3)nc(-c3ccc(-c4ccc5oc6cc(C7(c8ccccc8)c8ccccc8-c8ccccc87)ccc6c5c4)c4ccccc34)n2)cc1. The highest BCUT2D eigenvalue weighted by molar-refractivity contribution is 6.09. The first-order valence-corrected chi connectivity index (χ1v) is 20.4. The van der Waals surface area contributed by atoms with Crippen LogP contribution in [0.2, 0.25) is 0 Å². The summed E-state index contributed by atoms with van der Waals surface area (Å²) in [6.45, 7) is 0. The normalized spacial score (nSPS) is 12.8. The zero-order valence-corrected chi connectivity index (χ0v) is 32.5. The number of rotatable bonds is 6. The average molecular weight is 766 g/mol. The molecule has 2 aromatic heterocycles. The first-order chi connectivity index (χ1) is 29.7. The molecule has 4 heteroatoms. The van der Waals surface area contributed by atoms with Crippen LogP contribution in [-0.2, 0) is 5.41 Å². The molecule has 0 aliphatic heterocycles. The maximum atomic E-state index is 6.74. The molecular weight excluding hydrogens is 731 g/mol. The van der Waals surface area contributed by atoms with Crippen molar-refractivity contribution >= 4 is 32.7 Å². The van der Waals surface area contributed by atoms with Gasteiger partial charge in [-0.3, -0.25) is 0 Å². The summed E-state index contributed by atoms with van der Waals surface area (Å²) in [5.74, 6) is 1.92. The van der Waals surface area contributed by atoms with Crippen molar-refractivity contribution < 1.29 is 4.42 Å². The smallest absolute Gasteiger partial charge is 0.164 e. The van der Waals surface area contributed by atoms with E-state index in [9.17, 15) is 0 Å². The van der Waals surface area contributed by atoms with Crippen LogP contribution in [0.3, 0.4) is 0 Å². The molecule has 0 unspecified atom stereocenters. The molecule has 11 aromatic rings. The van der Waals surface area contributed by atoms with E-state index in [4.69, 9.17) is 19.4 Å². The van der Waals surface area contributed by atoms with E-state index in [1.54, 1.807) is 0 Å². The Kier molecular flexibility index (Phi) is 7.72. The Hall–Kier alpha value is -7.95. The van der Waals surface area contributed by atoms with Crippen LogP contribution in [0.25, 0.3) is 89.1 Å². The molecule has 0 bridgehead atoms. The summed E-state index contributed by atoms with van der Waals surface area (Å²) in [6, 6.07) is 75.1. The summed E-state index contributed by atoms with van der Waals surface area (Å²) >= 11 is 0. The highest BCUT2D eigenvalue weighted by Crippen LogP contribution is 2.56. The number of benzene rings is 9. The van der Waals surface area contributed by atoms with E-state index in [1.807, 2.05) is 60.7 Å². The third-order valence-electron chi connectivity index (χ3n) is 12.2. The maximum absolute atomic E-state index is 6.74. The van der Waals surface area contributed by atoms with Crippen LogP contribution >= 0.6 is 0 Å². The van der Waals surface area contributed by atoms with Crippen molar-refractivity contribution in [1.29, 1.82) is 0 Å². The van der Waals surface area contributed by atoms with E-state index in [-0.39, 0.29) is 0 Å². The molecule has 0 spiro atoms. The predicted molar refractivity (Wildman–Crippen MR) is 244 cm³/mol. The first-order valence-electron chi connectivity index (χ1n) is 20.4. The number of furan rings is 1. The number of aromatic nitrogens is 3. The fraction of sp³-hybridized carbons (Fsp3) is 0.0179. The molecule has 0 saturated heterocycles.